The molecule has 1 N–H and O–H groups in total. The van der Waals surface area contributed by atoms with E-state index in [9.17, 15) is 4.79 Å². The Labute approximate surface area is 168 Å². The summed E-state index contributed by atoms with van der Waals surface area (Å²) in [7, 11) is 0. The minimum atomic E-state index is -0.404. The van der Waals surface area contributed by atoms with Crippen LogP contribution in [-0.2, 0) is 0 Å². The molecule has 4 nitrogen and oxygen atoms in total. The third kappa shape index (κ3) is 2.93. The summed E-state index contributed by atoms with van der Waals surface area (Å²) >= 11 is 12.7. The highest BCUT2D eigenvalue weighted by Gasteiger charge is 2.47. The Hall–Kier alpha value is -2.30. The predicted molar refractivity (Wildman–Crippen MR) is 108 cm³/mol. The van der Waals surface area contributed by atoms with Crippen molar-refractivity contribution in [2.24, 2.45) is 0 Å². The molecule has 0 saturated carbocycles. The Morgan fingerprint density at radius 2 is 1.78 bits per heavy atom. The molecule has 0 spiro atoms. The van der Waals surface area contributed by atoms with Gasteiger partial charge in [-0.1, -0.05) is 59.6 Å². The number of carbonyl (C=O) groups is 1. The predicted octanol–water partition coefficient (Wildman–Crippen LogP) is 5.73. The number of benzene rings is 2. The first kappa shape index (κ1) is 18.1. The zero-order chi connectivity index (χ0) is 19.3. The number of halogens is 2. The highest BCUT2D eigenvalue weighted by molar-refractivity contribution is 6.35. The van der Waals surface area contributed by atoms with Gasteiger partial charge in [0, 0.05) is 26.7 Å². The van der Waals surface area contributed by atoms with Crippen LogP contribution in [0.2, 0.25) is 10.0 Å². The Balaban J connectivity index is 1.98. The van der Waals surface area contributed by atoms with Crippen LogP contribution in [0.5, 0.6) is 0 Å². The molecular formula is C21H19Cl2N3O. The quantitative estimate of drug-likeness (QED) is 0.598. The largest absolute Gasteiger partial charge is 0.321 e. The number of carbonyl (C=O) groups excluding carboxylic acids is 1. The van der Waals surface area contributed by atoms with Gasteiger partial charge in [-0.15, -0.1) is 0 Å². The molecule has 0 saturated heterocycles. The summed E-state index contributed by atoms with van der Waals surface area (Å²) in [6.45, 7) is 6.05. The molecule has 0 aliphatic carbocycles. The summed E-state index contributed by atoms with van der Waals surface area (Å²) in [6, 6.07) is 14.9. The van der Waals surface area contributed by atoms with Gasteiger partial charge in [0.2, 0.25) is 0 Å². The van der Waals surface area contributed by atoms with E-state index in [1.54, 1.807) is 12.1 Å². The number of H-pyrrole nitrogens is 1. The Kier molecular flexibility index (Phi) is 4.28. The number of nitrogens with one attached hydrogen (secondary N) is 1. The first-order chi connectivity index (χ1) is 12.8. The van der Waals surface area contributed by atoms with E-state index in [0.29, 0.717) is 15.7 Å². The standard InChI is InChI=1S/C21H19Cl2N3O/c1-21(2,3)26-19(14-10-9-13(22)11-15(14)23)16-17(12-7-5-4-6-8-12)24-25-18(16)20(26)27/h4-11,19H,1-3H3,(H,24,25). The van der Waals surface area contributed by atoms with E-state index in [1.165, 1.54) is 0 Å². The topological polar surface area (TPSA) is 49.0 Å². The van der Waals surface area contributed by atoms with Crippen LogP contribution in [0.3, 0.4) is 0 Å². The van der Waals surface area contributed by atoms with Crippen LogP contribution in [0.15, 0.2) is 48.5 Å². The maximum absolute atomic E-state index is 13.2. The highest BCUT2D eigenvalue weighted by Crippen LogP contribution is 2.47. The van der Waals surface area contributed by atoms with Crippen LogP contribution < -0.4 is 0 Å². The molecule has 4 rings (SSSR count). The lowest BCUT2D eigenvalue weighted by Crippen LogP contribution is -2.44. The molecule has 138 valence electrons. The lowest BCUT2D eigenvalue weighted by Gasteiger charge is -2.38. The molecule has 1 aliphatic rings. The smallest absolute Gasteiger partial charge is 0.273 e. The first-order valence-electron chi connectivity index (χ1n) is 8.71. The Morgan fingerprint density at radius 3 is 2.41 bits per heavy atom. The van der Waals surface area contributed by atoms with E-state index >= 15 is 0 Å². The number of nitrogens with zero attached hydrogens (tertiary/aromatic N) is 2. The molecular weight excluding hydrogens is 381 g/mol. The molecule has 1 unspecified atom stereocenters. The summed E-state index contributed by atoms with van der Waals surface area (Å²) in [5.41, 5.74) is 3.51. The van der Waals surface area contributed by atoms with Crippen molar-refractivity contribution in [3.05, 3.63) is 75.4 Å². The molecule has 0 bridgehead atoms. The number of amides is 1. The summed E-state index contributed by atoms with van der Waals surface area (Å²) in [6.07, 6.45) is 0. The second-order valence-corrected chi connectivity index (χ2v) is 8.48. The molecule has 27 heavy (non-hydrogen) atoms. The van der Waals surface area contributed by atoms with Crippen molar-refractivity contribution in [1.29, 1.82) is 0 Å². The van der Waals surface area contributed by atoms with Crippen molar-refractivity contribution in [1.82, 2.24) is 15.1 Å². The molecule has 3 aromatic rings. The minimum Gasteiger partial charge on any atom is -0.321 e. The van der Waals surface area contributed by atoms with Gasteiger partial charge >= 0.3 is 0 Å². The lowest BCUT2D eigenvalue weighted by molar-refractivity contribution is 0.0546. The van der Waals surface area contributed by atoms with Gasteiger partial charge in [-0.05, 0) is 38.5 Å². The maximum Gasteiger partial charge on any atom is 0.273 e. The average Bonchev–Trinajstić information content (AvgIpc) is 3.15. The number of rotatable bonds is 2. The van der Waals surface area contributed by atoms with Gasteiger partial charge in [-0.2, -0.15) is 5.10 Å². The third-order valence-corrected chi connectivity index (χ3v) is 5.36. The number of aromatic amines is 1. The second-order valence-electron chi connectivity index (χ2n) is 7.64. The Bertz CT molecular complexity index is 1020. The molecule has 6 heteroatoms. The highest BCUT2D eigenvalue weighted by atomic mass is 35.5. The van der Waals surface area contributed by atoms with Crippen LogP contribution in [0, 0.1) is 0 Å². The summed E-state index contributed by atoms with van der Waals surface area (Å²) in [4.78, 5) is 15.1. The van der Waals surface area contributed by atoms with E-state index < -0.39 is 5.54 Å². The minimum absolute atomic E-state index is 0.0804. The van der Waals surface area contributed by atoms with Crippen LogP contribution in [0.25, 0.3) is 11.3 Å². The maximum atomic E-state index is 13.2. The van der Waals surface area contributed by atoms with E-state index in [-0.39, 0.29) is 11.9 Å². The van der Waals surface area contributed by atoms with Crippen LogP contribution in [0.4, 0.5) is 0 Å². The third-order valence-electron chi connectivity index (χ3n) is 4.80. The number of aromatic nitrogens is 2. The van der Waals surface area contributed by atoms with Crippen molar-refractivity contribution in [2.75, 3.05) is 0 Å². The average molecular weight is 400 g/mol. The van der Waals surface area contributed by atoms with Gasteiger partial charge in [0.05, 0.1) is 11.7 Å². The zero-order valence-electron chi connectivity index (χ0n) is 15.3. The lowest BCUT2D eigenvalue weighted by atomic mass is 9.93. The van der Waals surface area contributed by atoms with E-state index in [4.69, 9.17) is 23.2 Å². The van der Waals surface area contributed by atoms with Crippen molar-refractivity contribution < 1.29 is 4.79 Å². The molecule has 0 radical (unpaired) electrons. The van der Waals surface area contributed by atoms with Crippen LogP contribution >= 0.6 is 23.2 Å². The second kappa shape index (κ2) is 6.39. The fourth-order valence-electron chi connectivity index (χ4n) is 3.67. The molecule has 0 fully saturated rings. The van der Waals surface area contributed by atoms with Crippen molar-refractivity contribution >= 4 is 29.1 Å². The van der Waals surface area contributed by atoms with E-state index in [1.807, 2.05) is 62.1 Å². The number of hydrogen-bond acceptors (Lipinski definition) is 2. The number of hydrogen-bond donors (Lipinski definition) is 1. The van der Waals surface area contributed by atoms with Gasteiger partial charge in [0.25, 0.3) is 5.91 Å². The first-order valence-corrected chi connectivity index (χ1v) is 9.47. The van der Waals surface area contributed by atoms with Crippen molar-refractivity contribution in [3.8, 4) is 11.3 Å². The summed E-state index contributed by atoms with van der Waals surface area (Å²) in [5, 5.41) is 8.50. The van der Waals surface area contributed by atoms with Gasteiger partial charge in [-0.25, -0.2) is 0 Å². The monoisotopic (exact) mass is 399 g/mol. The fourth-order valence-corrected chi connectivity index (χ4v) is 4.18. The van der Waals surface area contributed by atoms with Gasteiger partial charge in [-0.3, -0.25) is 9.89 Å². The van der Waals surface area contributed by atoms with Gasteiger partial charge in [0.15, 0.2) is 0 Å². The number of fused-ring (bicyclic) bond motifs is 1. The van der Waals surface area contributed by atoms with Crippen molar-refractivity contribution in [3.63, 3.8) is 0 Å². The SMILES string of the molecule is CC(C)(C)N1C(=O)c2[nH]nc(-c3ccccc3)c2C1c1ccc(Cl)cc1Cl. The Morgan fingerprint density at radius 1 is 1.07 bits per heavy atom. The molecule has 1 atom stereocenters. The fraction of sp³-hybridized carbons (Fsp3) is 0.238. The van der Waals surface area contributed by atoms with Crippen molar-refractivity contribution in [2.45, 2.75) is 32.4 Å². The normalized spacial score (nSPS) is 16.7. The van der Waals surface area contributed by atoms with E-state index in [0.717, 1.165) is 22.4 Å². The zero-order valence-corrected chi connectivity index (χ0v) is 16.8. The van der Waals surface area contributed by atoms with Crippen LogP contribution in [-0.4, -0.2) is 26.5 Å². The van der Waals surface area contributed by atoms with Crippen LogP contribution in [0.1, 0.15) is 48.4 Å². The molecule has 1 amide bonds. The summed E-state index contributed by atoms with van der Waals surface area (Å²) in [5.74, 6) is -0.0804. The molecule has 2 aromatic carbocycles. The van der Waals surface area contributed by atoms with Gasteiger partial charge in [0.1, 0.15) is 5.69 Å². The van der Waals surface area contributed by atoms with E-state index in [2.05, 4.69) is 10.2 Å². The van der Waals surface area contributed by atoms with Gasteiger partial charge < -0.3 is 4.90 Å². The molecule has 2 heterocycles. The summed E-state index contributed by atoms with van der Waals surface area (Å²) < 4.78 is 0. The molecule has 1 aromatic heterocycles. The molecule has 1 aliphatic heterocycles.